The number of nitrogens with one attached hydrogen (secondary N) is 2. The highest BCUT2D eigenvalue weighted by Crippen LogP contribution is 2.12. The Labute approximate surface area is 133 Å². The van der Waals surface area contributed by atoms with Crippen LogP contribution in [-0.4, -0.2) is 31.6 Å². The summed E-state index contributed by atoms with van der Waals surface area (Å²) >= 11 is 0. The number of hydrogen-bond acceptors (Lipinski definition) is 3. The maximum absolute atomic E-state index is 11.8. The number of benzene rings is 1. The normalized spacial score (nSPS) is 15.1. The van der Waals surface area contributed by atoms with E-state index in [0.717, 1.165) is 38.1 Å². The van der Waals surface area contributed by atoms with Gasteiger partial charge in [-0.15, -0.1) is 12.4 Å². The van der Waals surface area contributed by atoms with E-state index >= 15 is 0 Å². The summed E-state index contributed by atoms with van der Waals surface area (Å²) in [5.41, 5.74) is 1.19. The third-order valence-electron chi connectivity index (χ3n) is 3.51. The largest absolute Gasteiger partial charge is 0.494 e. The Hall–Kier alpha value is -1.26. The highest BCUT2D eigenvalue weighted by atomic mass is 35.5. The predicted molar refractivity (Wildman–Crippen MR) is 87.2 cm³/mol. The van der Waals surface area contributed by atoms with Crippen LogP contribution in [0.2, 0.25) is 0 Å². The molecule has 1 saturated heterocycles. The van der Waals surface area contributed by atoms with E-state index in [1.807, 2.05) is 31.2 Å². The molecule has 2 rings (SSSR count). The van der Waals surface area contributed by atoms with Crippen molar-refractivity contribution in [2.75, 3.05) is 19.7 Å². The second-order valence-corrected chi connectivity index (χ2v) is 5.36. The lowest BCUT2D eigenvalue weighted by Gasteiger charge is -2.23. The molecule has 2 N–H and O–H groups in total. The van der Waals surface area contributed by atoms with Gasteiger partial charge in [0.25, 0.3) is 0 Å². The first-order valence-corrected chi connectivity index (χ1v) is 7.43. The summed E-state index contributed by atoms with van der Waals surface area (Å²) in [6, 6.07) is 8.33. The minimum atomic E-state index is 0. The van der Waals surface area contributed by atoms with Gasteiger partial charge in [0.1, 0.15) is 5.75 Å². The molecular weight excluding hydrogens is 288 g/mol. The van der Waals surface area contributed by atoms with Gasteiger partial charge < -0.3 is 15.4 Å². The van der Waals surface area contributed by atoms with Crippen LogP contribution in [0.25, 0.3) is 0 Å². The fraction of sp³-hybridized carbons (Fsp3) is 0.562. The first kappa shape index (κ1) is 17.8. The van der Waals surface area contributed by atoms with Crippen molar-refractivity contribution in [2.45, 2.75) is 38.6 Å². The molecule has 1 aromatic carbocycles. The third kappa shape index (κ3) is 6.82. The van der Waals surface area contributed by atoms with E-state index in [9.17, 15) is 4.79 Å². The maximum atomic E-state index is 11.8. The second kappa shape index (κ2) is 9.64. The number of halogens is 1. The predicted octanol–water partition coefficient (Wildman–Crippen LogP) is 2.44. The van der Waals surface area contributed by atoms with Crippen LogP contribution in [0, 0.1) is 6.92 Å². The number of carbonyl (C=O) groups is 1. The van der Waals surface area contributed by atoms with E-state index in [1.165, 1.54) is 5.56 Å². The first-order valence-electron chi connectivity index (χ1n) is 7.43. The molecular formula is C16H25ClN2O2. The van der Waals surface area contributed by atoms with Crippen LogP contribution in [0.5, 0.6) is 5.75 Å². The summed E-state index contributed by atoms with van der Waals surface area (Å²) in [7, 11) is 0. The van der Waals surface area contributed by atoms with E-state index in [-0.39, 0.29) is 18.3 Å². The standard InChI is InChI=1S/C16H24N2O2.ClH/c1-13-4-2-5-15(12-13)20-11-3-6-16(19)18-14-7-9-17-10-8-14;/h2,4-5,12,14,17H,3,6-11H2,1H3,(H,18,19);1H. The minimum Gasteiger partial charge on any atom is -0.494 e. The van der Waals surface area contributed by atoms with Crippen molar-refractivity contribution in [1.29, 1.82) is 0 Å². The van der Waals surface area contributed by atoms with Crippen molar-refractivity contribution < 1.29 is 9.53 Å². The average Bonchev–Trinajstić information content (AvgIpc) is 2.45. The van der Waals surface area contributed by atoms with Gasteiger partial charge in [-0.05, 0) is 57.0 Å². The summed E-state index contributed by atoms with van der Waals surface area (Å²) in [6.45, 7) is 4.63. The van der Waals surface area contributed by atoms with Gasteiger partial charge in [0.05, 0.1) is 6.61 Å². The molecule has 0 spiro atoms. The molecule has 4 nitrogen and oxygen atoms in total. The number of piperidine rings is 1. The molecule has 1 amide bonds. The Morgan fingerprint density at radius 3 is 2.86 bits per heavy atom. The van der Waals surface area contributed by atoms with E-state index in [4.69, 9.17) is 4.74 Å². The fourth-order valence-electron chi connectivity index (χ4n) is 2.39. The number of rotatable bonds is 6. The molecule has 0 aromatic heterocycles. The second-order valence-electron chi connectivity index (χ2n) is 5.36. The molecule has 118 valence electrons. The van der Waals surface area contributed by atoms with Gasteiger partial charge in [0, 0.05) is 12.5 Å². The summed E-state index contributed by atoms with van der Waals surface area (Å²) in [5.74, 6) is 1.02. The van der Waals surface area contributed by atoms with E-state index in [0.29, 0.717) is 19.1 Å². The Balaban J connectivity index is 0.00000220. The zero-order chi connectivity index (χ0) is 14.2. The molecule has 0 radical (unpaired) electrons. The first-order chi connectivity index (χ1) is 9.74. The molecule has 0 aliphatic carbocycles. The monoisotopic (exact) mass is 312 g/mol. The number of hydrogen-bond donors (Lipinski definition) is 2. The lowest BCUT2D eigenvalue weighted by Crippen LogP contribution is -2.42. The smallest absolute Gasteiger partial charge is 0.220 e. The molecule has 0 saturated carbocycles. The highest BCUT2D eigenvalue weighted by molar-refractivity contribution is 5.85. The molecule has 5 heteroatoms. The number of carbonyl (C=O) groups excluding carboxylic acids is 1. The quantitative estimate of drug-likeness (QED) is 0.793. The van der Waals surface area contributed by atoms with Crippen LogP contribution in [0.3, 0.4) is 0 Å². The van der Waals surface area contributed by atoms with Crippen LogP contribution < -0.4 is 15.4 Å². The Bertz CT molecular complexity index is 434. The summed E-state index contributed by atoms with van der Waals surface area (Å²) in [4.78, 5) is 11.8. The summed E-state index contributed by atoms with van der Waals surface area (Å²) in [6.07, 6.45) is 3.36. The molecule has 0 atom stereocenters. The van der Waals surface area contributed by atoms with Gasteiger partial charge in [-0.25, -0.2) is 0 Å². The van der Waals surface area contributed by atoms with Crippen LogP contribution in [0.1, 0.15) is 31.2 Å². The lowest BCUT2D eigenvalue weighted by molar-refractivity contribution is -0.122. The average molecular weight is 313 g/mol. The van der Waals surface area contributed by atoms with Crippen molar-refractivity contribution in [3.8, 4) is 5.75 Å². The fourth-order valence-corrected chi connectivity index (χ4v) is 2.39. The van der Waals surface area contributed by atoms with Gasteiger partial charge in [-0.1, -0.05) is 12.1 Å². The summed E-state index contributed by atoms with van der Waals surface area (Å²) in [5, 5.41) is 6.38. The van der Waals surface area contributed by atoms with E-state index < -0.39 is 0 Å². The van der Waals surface area contributed by atoms with Crippen molar-refractivity contribution in [3.05, 3.63) is 29.8 Å². The van der Waals surface area contributed by atoms with E-state index in [1.54, 1.807) is 0 Å². The van der Waals surface area contributed by atoms with Crippen molar-refractivity contribution >= 4 is 18.3 Å². The van der Waals surface area contributed by atoms with Crippen molar-refractivity contribution in [1.82, 2.24) is 10.6 Å². The zero-order valence-corrected chi connectivity index (χ0v) is 13.4. The van der Waals surface area contributed by atoms with Gasteiger partial charge in [-0.2, -0.15) is 0 Å². The molecule has 1 aromatic rings. The van der Waals surface area contributed by atoms with Gasteiger partial charge >= 0.3 is 0 Å². The Kier molecular flexibility index (Phi) is 8.16. The van der Waals surface area contributed by atoms with E-state index in [2.05, 4.69) is 10.6 Å². The Morgan fingerprint density at radius 1 is 1.38 bits per heavy atom. The SMILES string of the molecule is Cc1cccc(OCCCC(=O)NC2CCNCC2)c1.Cl. The number of ether oxygens (including phenoxy) is 1. The minimum absolute atomic E-state index is 0. The topological polar surface area (TPSA) is 50.4 Å². The number of aryl methyl sites for hydroxylation is 1. The molecule has 1 aliphatic heterocycles. The highest BCUT2D eigenvalue weighted by Gasteiger charge is 2.14. The maximum Gasteiger partial charge on any atom is 0.220 e. The lowest BCUT2D eigenvalue weighted by atomic mass is 10.1. The van der Waals surface area contributed by atoms with Crippen LogP contribution in [-0.2, 0) is 4.79 Å². The molecule has 21 heavy (non-hydrogen) atoms. The van der Waals surface area contributed by atoms with Crippen LogP contribution in [0.4, 0.5) is 0 Å². The van der Waals surface area contributed by atoms with Gasteiger partial charge in [0.15, 0.2) is 0 Å². The molecule has 1 fully saturated rings. The third-order valence-corrected chi connectivity index (χ3v) is 3.51. The van der Waals surface area contributed by atoms with Gasteiger partial charge in [-0.3, -0.25) is 4.79 Å². The molecule has 1 aliphatic rings. The van der Waals surface area contributed by atoms with Crippen molar-refractivity contribution in [3.63, 3.8) is 0 Å². The van der Waals surface area contributed by atoms with Crippen LogP contribution >= 0.6 is 12.4 Å². The molecule has 1 heterocycles. The van der Waals surface area contributed by atoms with Crippen molar-refractivity contribution in [2.24, 2.45) is 0 Å². The van der Waals surface area contributed by atoms with Gasteiger partial charge in [0.2, 0.25) is 5.91 Å². The van der Waals surface area contributed by atoms with Crippen LogP contribution in [0.15, 0.2) is 24.3 Å². The molecule has 0 bridgehead atoms. The molecule has 0 unspecified atom stereocenters. The summed E-state index contributed by atoms with van der Waals surface area (Å²) < 4.78 is 5.64. The Morgan fingerprint density at radius 2 is 2.14 bits per heavy atom. The number of amides is 1. The zero-order valence-electron chi connectivity index (χ0n) is 12.6.